The first kappa shape index (κ1) is 38.3. The van der Waals surface area contributed by atoms with E-state index < -0.39 is 0 Å². The molecule has 0 aliphatic rings. The number of ether oxygens (including phenoxy) is 3. The largest absolute Gasteiger partial charge is 0.377 e. The molecule has 0 aliphatic heterocycles. The highest BCUT2D eigenvalue weighted by atomic mass is 35.5. The number of thiol groups is 1. The molecular weight excluding hydrogens is 682 g/mol. The Morgan fingerprint density at radius 1 is 0.760 bits per heavy atom. The van der Waals surface area contributed by atoms with Crippen molar-refractivity contribution >= 4 is 53.3 Å². The molecule has 0 unspecified atom stereocenters. The van der Waals surface area contributed by atoms with Crippen molar-refractivity contribution in [3.05, 3.63) is 100 Å². The molecular formula is C35H42ClN7O6S. The zero-order valence-corrected chi connectivity index (χ0v) is 29.5. The maximum absolute atomic E-state index is 13.0. The van der Waals surface area contributed by atoms with Crippen molar-refractivity contribution in [3.63, 3.8) is 0 Å². The number of carbonyl (C=O) groups is 3. The van der Waals surface area contributed by atoms with E-state index in [9.17, 15) is 14.4 Å². The van der Waals surface area contributed by atoms with Crippen LogP contribution in [-0.4, -0.2) is 85.4 Å². The Bertz CT molecular complexity index is 1710. The van der Waals surface area contributed by atoms with E-state index in [0.29, 0.717) is 85.2 Å². The van der Waals surface area contributed by atoms with Gasteiger partial charge < -0.3 is 35.5 Å². The van der Waals surface area contributed by atoms with Gasteiger partial charge in [-0.2, -0.15) is 0 Å². The molecule has 1 aromatic heterocycles. The van der Waals surface area contributed by atoms with Crippen LogP contribution in [0.4, 0.5) is 11.4 Å². The van der Waals surface area contributed by atoms with Crippen LogP contribution in [-0.2, 0) is 32.1 Å². The van der Waals surface area contributed by atoms with Crippen molar-refractivity contribution in [1.82, 2.24) is 30.9 Å². The minimum Gasteiger partial charge on any atom is -0.377 e. The van der Waals surface area contributed by atoms with E-state index in [2.05, 4.69) is 44.2 Å². The summed E-state index contributed by atoms with van der Waals surface area (Å²) >= 11 is 10.5. The summed E-state index contributed by atoms with van der Waals surface area (Å²) in [5.74, 6) is -0.682. The predicted octanol–water partition coefficient (Wildman–Crippen LogP) is 4.19. The van der Waals surface area contributed by atoms with Crippen LogP contribution in [0.2, 0.25) is 5.02 Å². The first-order valence-corrected chi connectivity index (χ1v) is 17.0. The molecule has 3 aromatic carbocycles. The van der Waals surface area contributed by atoms with Gasteiger partial charge in [-0.25, -0.2) is 4.68 Å². The number of amides is 3. The molecule has 3 amide bonds. The Labute approximate surface area is 301 Å². The smallest absolute Gasteiger partial charge is 0.253 e. The molecule has 266 valence electrons. The summed E-state index contributed by atoms with van der Waals surface area (Å²) in [4.78, 5) is 37.7. The average Bonchev–Trinajstić information content (AvgIpc) is 3.57. The first-order chi connectivity index (χ1) is 24.3. The molecule has 4 aromatic rings. The number of hydrogen-bond donors (Lipinski definition) is 5. The molecule has 0 bridgehead atoms. The lowest BCUT2D eigenvalue weighted by Gasteiger charge is -2.14. The highest BCUT2D eigenvalue weighted by Crippen LogP contribution is 2.27. The molecule has 0 aliphatic carbocycles. The quantitative estimate of drug-likeness (QED) is 0.0628. The van der Waals surface area contributed by atoms with Gasteiger partial charge in [0.05, 0.1) is 75.7 Å². The van der Waals surface area contributed by atoms with E-state index in [1.165, 1.54) is 0 Å². The predicted molar refractivity (Wildman–Crippen MR) is 193 cm³/mol. The number of anilines is 2. The Morgan fingerprint density at radius 3 is 2.20 bits per heavy atom. The second kappa shape index (κ2) is 20.9. The van der Waals surface area contributed by atoms with Gasteiger partial charge in [0.2, 0.25) is 5.91 Å². The van der Waals surface area contributed by atoms with Gasteiger partial charge >= 0.3 is 0 Å². The fourth-order valence-electron chi connectivity index (χ4n) is 4.57. The number of nitrogens with zero attached hydrogens (tertiary/aromatic N) is 3. The molecule has 4 rings (SSSR count). The fourth-order valence-corrected chi connectivity index (χ4v) is 5.01. The third-order valence-corrected chi connectivity index (χ3v) is 8.09. The third-order valence-electron chi connectivity index (χ3n) is 7.29. The zero-order chi connectivity index (χ0) is 35.6. The van der Waals surface area contributed by atoms with Crippen LogP contribution >= 0.6 is 24.2 Å². The van der Waals surface area contributed by atoms with E-state index in [-0.39, 0.29) is 37.2 Å². The van der Waals surface area contributed by atoms with Gasteiger partial charge in [0.1, 0.15) is 5.69 Å². The van der Waals surface area contributed by atoms with Crippen LogP contribution in [0, 0.1) is 6.92 Å². The molecule has 0 radical (unpaired) electrons. The minimum atomic E-state index is -0.265. The number of rotatable bonds is 21. The van der Waals surface area contributed by atoms with Crippen LogP contribution in [0.15, 0.2) is 77.8 Å². The van der Waals surface area contributed by atoms with Crippen LogP contribution in [0.5, 0.6) is 0 Å². The monoisotopic (exact) mass is 723 g/mol. The van der Waals surface area contributed by atoms with Gasteiger partial charge in [-0.05, 0) is 48.9 Å². The summed E-state index contributed by atoms with van der Waals surface area (Å²) in [5, 5.41) is 20.6. The van der Waals surface area contributed by atoms with Crippen molar-refractivity contribution in [2.24, 2.45) is 0 Å². The summed E-state index contributed by atoms with van der Waals surface area (Å²) in [6.07, 6.45) is 1.93. The number of para-hydroxylation sites is 1. The molecule has 13 nitrogen and oxygen atoms in total. The van der Waals surface area contributed by atoms with Crippen LogP contribution in [0.3, 0.4) is 0 Å². The van der Waals surface area contributed by atoms with Crippen molar-refractivity contribution in [1.29, 1.82) is 0 Å². The highest BCUT2D eigenvalue weighted by Gasteiger charge is 2.13. The third kappa shape index (κ3) is 12.8. The lowest BCUT2D eigenvalue weighted by Crippen LogP contribution is -2.32. The summed E-state index contributed by atoms with van der Waals surface area (Å²) in [7, 11) is 0. The molecule has 15 heteroatoms. The van der Waals surface area contributed by atoms with Crippen molar-refractivity contribution in [2.75, 3.05) is 58.0 Å². The molecule has 4 N–H and O–H groups in total. The molecule has 0 atom stereocenters. The topological polar surface area (TPSA) is 158 Å². The number of benzene rings is 3. The minimum absolute atomic E-state index is 0.167. The zero-order valence-electron chi connectivity index (χ0n) is 27.8. The molecule has 1 heterocycles. The molecule has 0 fully saturated rings. The van der Waals surface area contributed by atoms with Crippen LogP contribution in [0.1, 0.15) is 38.4 Å². The molecule has 50 heavy (non-hydrogen) atoms. The molecule has 0 saturated heterocycles. The second-order valence-electron chi connectivity index (χ2n) is 10.9. The maximum Gasteiger partial charge on any atom is 0.253 e. The van der Waals surface area contributed by atoms with Crippen LogP contribution < -0.4 is 21.3 Å². The van der Waals surface area contributed by atoms with Gasteiger partial charge in [-0.3, -0.25) is 14.4 Å². The van der Waals surface area contributed by atoms with Gasteiger partial charge in [0.15, 0.2) is 0 Å². The van der Waals surface area contributed by atoms with Gasteiger partial charge in [0, 0.05) is 35.1 Å². The Kier molecular flexibility index (Phi) is 16.0. The number of hydrogen-bond acceptors (Lipinski definition) is 10. The summed E-state index contributed by atoms with van der Waals surface area (Å²) < 4.78 is 18.3. The van der Waals surface area contributed by atoms with Crippen LogP contribution in [0.25, 0.3) is 0 Å². The lowest BCUT2D eigenvalue weighted by molar-refractivity contribution is -0.121. The first-order valence-electron chi connectivity index (χ1n) is 16.2. The Morgan fingerprint density at radius 2 is 1.42 bits per heavy atom. The SMILES string of the molecule is Cc1c(Cl)cccc1Nc1ccccc1C(=O)NCc1cn(CCOCCOCCOCCNC(=O)CCNC(=O)c2ccccc2S)nn1. The average molecular weight is 724 g/mol. The molecule has 0 spiro atoms. The molecule has 0 saturated carbocycles. The van der Waals surface area contributed by atoms with Crippen molar-refractivity contribution in [3.8, 4) is 0 Å². The number of halogens is 1. The standard InChI is InChI=1S/C35H42ClN7O6S/c1-25-29(36)9-6-11-30(25)40-31-10-4-2-7-27(31)34(45)39-23-26-24-43(42-41-26)16-18-48-20-22-49-21-19-47-17-15-37-33(44)13-14-38-35(46)28-8-3-5-12-32(28)50/h2-12,24,40,50H,13-23H2,1H3,(H,37,44)(H,38,46)(H,39,45). The lowest BCUT2D eigenvalue weighted by atomic mass is 10.1. The van der Waals surface area contributed by atoms with Gasteiger partial charge in [-0.15, -0.1) is 17.7 Å². The number of aromatic nitrogens is 3. The Hall–Kier alpha value is -4.47. The summed E-state index contributed by atoms with van der Waals surface area (Å²) in [6.45, 7) is 5.60. The maximum atomic E-state index is 13.0. The second-order valence-corrected chi connectivity index (χ2v) is 11.8. The fraction of sp³-hybridized carbons (Fsp3) is 0.343. The normalized spacial score (nSPS) is 10.9. The van der Waals surface area contributed by atoms with E-state index in [0.717, 1.165) is 11.3 Å². The number of nitrogens with one attached hydrogen (secondary N) is 4. The van der Waals surface area contributed by atoms with Gasteiger partial charge in [0.25, 0.3) is 11.8 Å². The van der Waals surface area contributed by atoms with E-state index >= 15 is 0 Å². The van der Waals surface area contributed by atoms with E-state index in [4.69, 9.17) is 25.8 Å². The Balaban J connectivity index is 0.989. The summed E-state index contributed by atoms with van der Waals surface area (Å²) in [5.41, 5.74) is 3.98. The summed E-state index contributed by atoms with van der Waals surface area (Å²) in [6, 6.07) is 19.8. The van der Waals surface area contributed by atoms with E-state index in [1.54, 1.807) is 41.2 Å². The number of carbonyl (C=O) groups excluding carboxylic acids is 3. The van der Waals surface area contributed by atoms with Crippen molar-refractivity contribution < 1.29 is 28.6 Å². The van der Waals surface area contributed by atoms with Crippen molar-refractivity contribution in [2.45, 2.75) is 31.3 Å². The van der Waals surface area contributed by atoms with E-state index in [1.807, 2.05) is 43.3 Å². The highest BCUT2D eigenvalue weighted by molar-refractivity contribution is 7.80. The van der Waals surface area contributed by atoms with Gasteiger partial charge in [-0.1, -0.05) is 47.1 Å².